The molecule has 6 heteroatoms. The van der Waals surface area contributed by atoms with E-state index in [2.05, 4.69) is 19.2 Å². The molecule has 0 spiro atoms. The molecule has 0 radical (unpaired) electrons. The Morgan fingerprint density at radius 3 is 2.38 bits per heavy atom. The van der Waals surface area contributed by atoms with Crippen LogP contribution < -0.4 is 5.32 Å². The Balaban J connectivity index is 1.84. The summed E-state index contributed by atoms with van der Waals surface area (Å²) in [6.07, 6.45) is 4.93. The molecule has 1 aliphatic heterocycles. The van der Waals surface area contributed by atoms with Gasteiger partial charge in [0.25, 0.3) is 0 Å². The standard InChI is InChI=1S/C20H32N2O3S/c1-4-18(5-2)21-20(23)11-10-17-12-14-22(15-13-17)26(24,25)19-9-7-6-8-16(19)3/h6-9,17-18H,4-5,10-15H2,1-3H3,(H,21,23). The second-order valence-electron chi connectivity index (χ2n) is 7.23. The number of rotatable bonds is 8. The summed E-state index contributed by atoms with van der Waals surface area (Å²) >= 11 is 0. The van der Waals surface area contributed by atoms with Crippen LogP contribution in [0.4, 0.5) is 0 Å². The maximum Gasteiger partial charge on any atom is 0.243 e. The van der Waals surface area contributed by atoms with E-state index >= 15 is 0 Å². The lowest BCUT2D eigenvalue weighted by atomic mass is 9.93. The van der Waals surface area contributed by atoms with Crippen LogP contribution in [0, 0.1) is 12.8 Å². The molecule has 2 rings (SSSR count). The van der Waals surface area contributed by atoms with E-state index in [1.807, 2.05) is 19.1 Å². The molecule has 1 N–H and O–H groups in total. The predicted molar refractivity (Wildman–Crippen MR) is 104 cm³/mol. The van der Waals surface area contributed by atoms with Gasteiger partial charge in [-0.2, -0.15) is 4.31 Å². The molecule has 5 nitrogen and oxygen atoms in total. The van der Waals surface area contributed by atoms with Crippen LogP contribution >= 0.6 is 0 Å². The minimum absolute atomic E-state index is 0.119. The third-order valence-electron chi connectivity index (χ3n) is 5.42. The summed E-state index contributed by atoms with van der Waals surface area (Å²) in [5.74, 6) is 0.541. The molecule has 1 amide bonds. The van der Waals surface area contributed by atoms with E-state index in [0.29, 0.717) is 30.3 Å². The quantitative estimate of drug-likeness (QED) is 0.751. The summed E-state index contributed by atoms with van der Waals surface area (Å²) in [5, 5.41) is 3.07. The first kappa shape index (κ1) is 20.9. The molecular formula is C20H32N2O3S. The van der Waals surface area contributed by atoms with Crippen molar-refractivity contribution in [3.63, 3.8) is 0 Å². The van der Waals surface area contributed by atoms with Gasteiger partial charge in [0, 0.05) is 25.6 Å². The summed E-state index contributed by atoms with van der Waals surface area (Å²) in [7, 11) is -3.42. The highest BCUT2D eigenvalue weighted by atomic mass is 32.2. The monoisotopic (exact) mass is 380 g/mol. The lowest BCUT2D eigenvalue weighted by Crippen LogP contribution is -2.39. The summed E-state index contributed by atoms with van der Waals surface area (Å²) in [6.45, 7) is 7.07. The molecule has 0 atom stereocenters. The zero-order chi connectivity index (χ0) is 19.2. The molecule has 0 aliphatic carbocycles. The zero-order valence-electron chi connectivity index (χ0n) is 16.2. The molecule has 0 bridgehead atoms. The lowest BCUT2D eigenvalue weighted by molar-refractivity contribution is -0.122. The number of hydrogen-bond donors (Lipinski definition) is 1. The van der Waals surface area contributed by atoms with Gasteiger partial charge in [0.15, 0.2) is 0 Å². The second kappa shape index (κ2) is 9.51. The van der Waals surface area contributed by atoms with Crippen molar-refractivity contribution in [1.29, 1.82) is 0 Å². The zero-order valence-corrected chi connectivity index (χ0v) is 17.0. The summed E-state index contributed by atoms with van der Waals surface area (Å²) in [6, 6.07) is 7.40. The number of piperidine rings is 1. The van der Waals surface area contributed by atoms with Crippen LogP contribution in [-0.2, 0) is 14.8 Å². The summed E-state index contributed by atoms with van der Waals surface area (Å²) in [5.41, 5.74) is 0.785. The Hall–Kier alpha value is -1.40. The van der Waals surface area contributed by atoms with Crippen molar-refractivity contribution < 1.29 is 13.2 Å². The van der Waals surface area contributed by atoms with E-state index in [1.165, 1.54) is 0 Å². The molecule has 0 unspecified atom stereocenters. The SMILES string of the molecule is CCC(CC)NC(=O)CCC1CCN(S(=O)(=O)c2ccccc2C)CC1. The number of nitrogens with zero attached hydrogens (tertiary/aromatic N) is 1. The van der Waals surface area contributed by atoms with Crippen LogP contribution in [0.15, 0.2) is 29.2 Å². The van der Waals surface area contributed by atoms with Gasteiger partial charge < -0.3 is 5.32 Å². The summed E-state index contributed by atoms with van der Waals surface area (Å²) in [4.78, 5) is 12.4. The molecule has 1 heterocycles. The second-order valence-corrected chi connectivity index (χ2v) is 9.14. The summed E-state index contributed by atoms with van der Waals surface area (Å²) < 4.78 is 27.3. The molecule has 1 aromatic carbocycles. The number of aryl methyl sites for hydroxylation is 1. The average molecular weight is 381 g/mol. The van der Waals surface area contributed by atoms with Crippen molar-refractivity contribution in [2.75, 3.05) is 13.1 Å². The Morgan fingerprint density at radius 2 is 1.81 bits per heavy atom. The molecule has 1 aromatic rings. The number of amides is 1. The van der Waals surface area contributed by atoms with Gasteiger partial charge in [-0.15, -0.1) is 0 Å². The highest BCUT2D eigenvalue weighted by Gasteiger charge is 2.30. The van der Waals surface area contributed by atoms with E-state index in [-0.39, 0.29) is 11.9 Å². The van der Waals surface area contributed by atoms with Gasteiger partial charge in [0.2, 0.25) is 15.9 Å². The van der Waals surface area contributed by atoms with Gasteiger partial charge in [-0.1, -0.05) is 32.0 Å². The van der Waals surface area contributed by atoms with Crippen LogP contribution in [0.1, 0.15) is 57.9 Å². The molecular weight excluding hydrogens is 348 g/mol. The fraction of sp³-hybridized carbons (Fsp3) is 0.650. The lowest BCUT2D eigenvalue weighted by Gasteiger charge is -2.31. The first-order valence-electron chi connectivity index (χ1n) is 9.73. The van der Waals surface area contributed by atoms with E-state index in [1.54, 1.807) is 16.4 Å². The van der Waals surface area contributed by atoms with Crippen LogP contribution in [-0.4, -0.2) is 37.8 Å². The van der Waals surface area contributed by atoms with E-state index in [0.717, 1.165) is 37.7 Å². The fourth-order valence-corrected chi connectivity index (χ4v) is 5.25. The van der Waals surface area contributed by atoms with Crippen LogP contribution in [0.3, 0.4) is 0 Å². The van der Waals surface area contributed by atoms with Gasteiger partial charge in [-0.05, 0) is 56.6 Å². The van der Waals surface area contributed by atoms with Gasteiger partial charge in [0.05, 0.1) is 4.90 Å². The number of hydrogen-bond acceptors (Lipinski definition) is 3. The van der Waals surface area contributed by atoms with E-state index < -0.39 is 10.0 Å². The average Bonchev–Trinajstić information content (AvgIpc) is 2.65. The Labute approximate surface area is 158 Å². The van der Waals surface area contributed by atoms with Crippen molar-refractivity contribution in [1.82, 2.24) is 9.62 Å². The van der Waals surface area contributed by atoms with E-state index in [9.17, 15) is 13.2 Å². The Kier molecular flexibility index (Phi) is 7.65. The topological polar surface area (TPSA) is 66.5 Å². The predicted octanol–water partition coefficient (Wildman–Crippen LogP) is 3.48. The normalized spacial score (nSPS) is 16.8. The Bertz CT molecular complexity index is 691. The van der Waals surface area contributed by atoms with Crippen LogP contribution in [0.25, 0.3) is 0 Å². The van der Waals surface area contributed by atoms with Crippen LogP contribution in [0.5, 0.6) is 0 Å². The van der Waals surface area contributed by atoms with Gasteiger partial charge >= 0.3 is 0 Å². The fourth-order valence-electron chi connectivity index (χ4n) is 3.55. The highest BCUT2D eigenvalue weighted by molar-refractivity contribution is 7.89. The number of carbonyl (C=O) groups is 1. The van der Waals surface area contributed by atoms with Gasteiger partial charge in [-0.25, -0.2) is 8.42 Å². The molecule has 1 aliphatic rings. The smallest absolute Gasteiger partial charge is 0.243 e. The molecule has 26 heavy (non-hydrogen) atoms. The number of nitrogens with one attached hydrogen (secondary N) is 1. The highest BCUT2D eigenvalue weighted by Crippen LogP contribution is 2.27. The van der Waals surface area contributed by atoms with Crippen molar-refractivity contribution in [3.05, 3.63) is 29.8 Å². The Morgan fingerprint density at radius 1 is 1.19 bits per heavy atom. The number of sulfonamides is 1. The third kappa shape index (κ3) is 5.30. The van der Waals surface area contributed by atoms with Crippen molar-refractivity contribution in [2.24, 2.45) is 5.92 Å². The first-order valence-corrected chi connectivity index (χ1v) is 11.2. The number of carbonyl (C=O) groups excluding carboxylic acids is 1. The first-order chi connectivity index (χ1) is 12.4. The van der Waals surface area contributed by atoms with Crippen LogP contribution in [0.2, 0.25) is 0 Å². The molecule has 1 fully saturated rings. The van der Waals surface area contributed by atoms with Crippen molar-refractivity contribution in [2.45, 2.75) is 70.2 Å². The molecule has 1 saturated heterocycles. The minimum atomic E-state index is -3.42. The van der Waals surface area contributed by atoms with Gasteiger partial charge in [0.1, 0.15) is 0 Å². The molecule has 0 aromatic heterocycles. The van der Waals surface area contributed by atoms with Gasteiger partial charge in [-0.3, -0.25) is 4.79 Å². The maximum atomic E-state index is 12.8. The molecule has 146 valence electrons. The maximum absolute atomic E-state index is 12.8. The third-order valence-corrected chi connectivity index (χ3v) is 7.47. The largest absolute Gasteiger partial charge is 0.353 e. The van der Waals surface area contributed by atoms with E-state index in [4.69, 9.17) is 0 Å². The molecule has 0 saturated carbocycles. The van der Waals surface area contributed by atoms with Crippen molar-refractivity contribution in [3.8, 4) is 0 Å². The van der Waals surface area contributed by atoms with Crippen molar-refractivity contribution >= 4 is 15.9 Å². The number of benzene rings is 1. The minimum Gasteiger partial charge on any atom is -0.353 e.